The molecular formula is C22H18ClN3O2S. The number of aryl methyl sites for hydroxylation is 1. The fourth-order valence-electron chi connectivity index (χ4n) is 3.04. The molecule has 0 fully saturated rings. The summed E-state index contributed by atoms with van der Waals surface area (Å²) >= 11 is 7.76. The van der Waals surface area contributed by atoms with Crippen LogP contribution in [-0.2, 0) is 0 Å². The highest BCUT2D eigenvalue weighted by Gasteiger charge is 2.23. The average Bonchev–Trinajstić information content (AvgIpc) is 3.37. The number of carbonyl (C=O) groups is 1. The first-order valence-corrected chi connectivity index (χ1v) is 10.2. The van der Waals surface area contributed by atoms with Gasteiger partial charge in [-0.1, -0.05) is 29.8 Å². The van der Waals surface area contributed by atoms with E-state index < -0.39 is 0 Å². The van der Waals surface area contributed by atoms with Gasteiger partial charge in [-0.25, -0.2) is 4.98 Å². The zero-order valence-corrected chi connectivity index (χ0v) is 17.1. The molecule has 146 valence electrons. The molecule has 5 nitrogen and oxygen atoms in total. The number of anilines is 2. The number of thiophene rings is 1. The van der Waals surface area contributed by atoms with Crippen molar-refractivity contribution in [2.45, 2.75) is 13.0 Å². The van der Waals surface area contributed by atoms with Gasteiger partial charge in [-0.15, -0.1) is 11.3 Å². The molecule has 3 aromatic heterocycles. The minimum absolute atomic E-state index is 0.250. The fraction of sp³-hybridized carbons (Fsp3) is 0.0909. The predicted octanol–water partition coefficient (Wildman–Crippen LogP) is 6.15. The normalized spacial score (nSPS) is 11.8. The summed E-state index contributed by atoms with van der Waals surface area (Å²) in [6, 6.07) is 18.5. The van der Waals surface area contributed by atoms with E-state index in [9.17, 15) is 4.79 Å². The Labute approximate surface area is 177 Å². The predicted molar refractivity (Wildman–Crippen MR) is 117 cm³/mol. The summed E-state index contributed by atoms with van der Waals surface area (Å²) in [6.07, 6.45) is 3.21. The number of benzene rings is 1. The molecule has 1 aromatic carbocycles. The van der Waals surface area contributed by atoms with Crippen LogP contribution >= 0.6 is 22.9 Å². The fourth-order valence-corrected chi connectivity index (χ4v) is 4.19. The Hall–Kier alpha value is -3.09. The molecule has 0 spiro atoms. The molecule has 0 aliphatic rings. The van der Waals surface area contributed by atoms with Crippen molar-refractivity contribution in [2.75, 3.05) is 10.6 Å². The number of rotatable bonds is 6. The van der Waals surface area contributed by atoms with Crippen LogP contribution in [0.4, 0.5) is 10.8 Å². The summed E-state index contributed by atoms with van der Waals surface area (Å²) in [7, 11) is 0. The van der Waals surface area contributed by atoms with E-state index in [0.29, 0.717) is 5.02 Å². The van der Waals surface area contributed by atoms with Crippen molar-refractivity contribution in [3.63, 3.8) is 0 Å². The number of pyridine rings is 1. The smallest absolute Gasteiger partial charge is 0.291 e. The second-order valence-electron chi connectivity index (χ2n) is 6.42. The van der Waals surface area contributed by atoms with Gasteiger partial charge in [-0.05, 0) is 55.0 Å². The monoisotopic (exact) mass is 423 g/mol. The van der Waals surface area contributed by atoms with Crippen molar-refractivity contribution in [3.05, 3.63) is 99.9 Å². The lowest BCUT2D eigenvalue weighted by atomic mass is 10.00. The molecule has 4 rings (SSSR count). The Kier molecular flexibility index (Phi) is 5.64. The van der Waals surface area contributed by atoms with E-state index in [2.05, 4.69) is 21.7 Å². The third-order valence-corrected chi connectivity index (χ3v) is 5.52. The van der Waals surface area contributed by atoms with E-state index in [1.165, 1.54) is 17.6 Å². The molecule has 0 saturated carbocycles. The van der Waals surface area contributed by atoms with Crippen LogP contribution in [0.3, 0.4) is 0 Å². The van der Waals surface area contributed by atoms with Gasteiger partial charge in [0, 0.05) is 21.7 Å². The van der Waals surface area contributed by atoms with E-state index in [4.69, 9.17) is 16.0 Å². The lowest BCUT2D eigenvalue weighted by Gasteiger charge is -2.21. The van der Waals surface area contributed by atoms with Gasteiger partial charge in [0.15, 0.2) is 5.76 Å². The van der Waals surface area contributed by atoms with Gasteiger partial charge in [0.1, 0.15) is 10.8 Å². The second kappa shape index (κ2) is 8.51. The number of halogens is 1. The van der Waals surface area contributed by atoms with Gasteiger partial charge in [-0.2, -0.15) is 0 Å². The average molecular weight is 424 g/mol. The zero-order valence-electron chi connectivity index (χ0n) is 15.6. The summed E-state index contributed by atoms with van der Waals surface area (Å²) in [6.45, 7) is 2.01. The van der Waals surface area contributed by atoms with Crippen molar-refractivity contribution >= 4 is 39.7 Å². The molecule has 0 radical (unpaired) electrons. The quantitative estimate of drug-likeness (QED) is 0.390. The minimum atomic E-state index is -0.291. The lowest BCUT2D eigenvalue weighted by molar-refractivity contribution is 0.0997. The molecule has 0 bridgehead atoms. The Morgan fingerprint density at radius 3 is 2.76 bits per heavy atom. The topological polar surface area (TPSA) is 67.2 Å². The van der Waals surface area contributed by atoms with Crippen LogP contribution < -0.4 is 10.6 Å². The summed E-state index contributed by atoms with van der Waals surface area (Å²) < 4.78 is 5.22. The summed E-state index contributed by atoms with van der Waals surface area (Å²) in [5.41, 5.74) is 1.90. The van der Waals surface area contributed by atoms with Crippen molar-refractivity contribution in [3.8, 4) is 0 Å². The number of nitrogens with one attached hydrogen (secondary N) is 2. The molecule has 0 unspecified atom stereocenters. The Morgan fingerprint density at radius 1 is 1.14 bits per heavy atom. The highest BCUT2D eigenvalue weighted by Crippen LogP contribution is 2.38. The molecule has 29 heavy (non-hydrogen) atoms. The molecule has 0 aliphatic heterocycles. The Morgan fingerprint density at radius 2 is 2.03 bits per heavy atom. The SMILES string of the molecule is Cc1cc([C@H](Nc2ccccn2)c2cccc(Cl)c2)c(NC(=O)c2ccco2)s1. The number of hydrogen-bond donors (Lipinski definition) is 2. The number of furan rings is 1. The van der Waals surface area contributed by atoms with Crippen molar-refractivity contribution in [1.29, 1.82) is 0 Å². The van der Waals surface area contributed by atoms with E-state index >= 15 is 0 Å². The molecule has 0 saturated heterocycles. The highest BCUT2D eigenvalue weighted by atomic mass is 35.5. The first-order valence-electron chi connectivity index (χ1n) is 8.98. The Bertz CT molecular complexity index is 1110. The van der Waals surface area contributed by atoms with E-state index in [-0.39, 0.29) is 17.7 Å². The molecule has 4 aromatic rings. The van der Waals surface area contributed by atoms with Crippen LogP contribution in [0.5, 0.6) is 0 Å². The van der Waals surface area contributed by atoms with Crippen molar-refractivity contribution in [2.24, 2.45) is 0 Å². The van der Waals surface area contributed by atoms with Crippen molar-refractivity contribution < 1.29 is 9.21 Å². The van der Waals surface area contributed by atoms with Gasteiger partial charge in [0.2, 0.25) is 0 Å². The summed E-state index contributed by atoms with van der Waals surface area (Å²) in [4.78, 5) is 18.0. The number of carbonyl (C=O) groups excluding carboxylic acids is 1. The third kappa shape index (κ3) is 4.50. The molecule has 0 aliphatic carbocycles. The molecular weight excluding hydrogens is 406 g/mol. The zero-order chi connectivity index (χ0) is 20.2. The summed E-state index contributed by atoms with van der Waals surface area (Å²) in [5.74, 6) is 0.699. The first kappa shape index (κ1) is 19.2. The van der Waals surface area contributed by atoms with Crippen LogP contribution in [0.2, 0.25) is 5.02 Å². The lowest BCUT2D eigenvalue weighted by Crippen LogP contribution is -2.16. The van der Waals surface area contributed by atoms with Crippen LogP contribution in [0, 0.1) is 6.92 Å². The largest absolute Gasteiger partial charge is 0.459 e. The number of nitrogens with zero attached hydrogens (tertiary/aromatic N) is 1. The third-order valence-electron chi connectivity index (χ3n) is 4.31. The van der Waals surface area contributed by atoms with Crippen LogP contribution in [0.25, 0.3) is 0 Å². The maximum absolute atomic E-state index is 12.6. The molecule has 1 amide bonds. The molecule has 7 heteroatoms. The Balaban J connectivity index is 1.73. The second-order valence-corrected chi connectivity index (χ2v) is 8.11. The molecule has 3 heterocycles. The molecule has 2 N–H and O–H groups in total. The summed E-state index contributed by atoms with van der Waals surface area (Å²) in [5, 5.41) is 7.83. The van der Waals surface area contributed by atoms with Gasteiger partial charge in [0.05, 0.1) is 12.3 Å². The first-order chi connectivity index (χ1) is 14.1. The van der Waals surface area contributed by atoms with Crippen molar-refractivity contribution in [1.82, 2.24) is 4.98 Å². The van der Waals surface area contributed by atoms with Gasteiger partial charge >= 0.3 is 0 Å². The van der Waals surface area contributed by atoms with Gasteiger partial charge < -0.3 is 15.1 Å². The van der Waals surface area contributed by atoms with Crippen LogP contribution in [0.15, 0.2) is 77.5 Å². The number of hydrogen-bond acceptors (Lipinski definition) is 5. The number of aromatic nitrogens is 1. The van der Waals surface area contributed by atoms with E-state index in [0.717, 1.165) is 26.8 Å². The standard InChI is InChI=1S/C22H18ClN3O2S/c1-14-12-17(22(29-14)26-21(27)18-8-5-11-28-18)20(15-6-4-7-16(23)13-15)25-19-9-2-3-10-24-19/h2-13,20H,1H3,(H,24,25)(H,26,27)/t20-/m1/s1. The maximum Gasteiger partial charge on any atom is 0.291 e. The van der Waals surface area contributed by atoms with Gasteiger partial charge in [-0.3, -0.25) is 4.79 Å². The van der Waals surface area contributed by atoms with Crippen LogP contribution in [0.1, 0.15) is 32.6 Å². The van der Waals surface area contributed by atoms with E-state index in [1.807, 2.05) is 49.4 Å². The minimum Gasteiger partial charge on any atom is -0.459 e. The highest BCUT2D eigenvalue weighted by molar-refractivity contribution is 7.16. The number of amides is 1. The van der Waals surface area contributed by atoms with Crippen LogP contribution in [-0.4, -0.2) is 10.9 Å². The van der Waals surface area contributed by atoms with Gasteiger partial charge in [0.25, 0.3) is 5.91 Å². The maximum atomic E-state index is 12.6. The van der Waals surface area contributed by atoms with E-state index in [1.54, 1.807) is 18.3 Å². The molecule has 1 atom stereocenters.